The monoisotopic (exact) mass is 368 g/mol. The summed E-state index contributed by atoms with van der Waals surface area (Å²) in [6.07, 6.45) is 1.45. The van der Waals surface area contributed by atoms with Crippen molar-refractivity contribution >= 4 is 34.8 Å². The molecule has 1 atom stereocenters. The highest BCUT2D eigenvalue weighted by molar-refractivity contribution is 7.13. The first kappa shape index (κ1) is 18.2. The van der Waals surface area contributed by atoms with Crippen molar-refractivity contribution in [1.29, 1.82) is 0 Å². The Labute approximate surface area is 148 Å². The van der Waals surface area contributed by atoms with Gasteiger partial charge < -0.3 is 15.2 Å². The zero-order chi connectivity index (χ0) is 17.9. The van der Waals surface area contributed by atoms with Crippen LogP contribution >= 0.6 is 22.9 Å². The predicted molar refractivity (Wildman–Crippen MR) is 92.1 cm³/mol. The second-order valence-electron chi connectivity index (χ2n) is 5.36. The number of hydrogen-bond donors (Lipinski definition) is 2. The van der Waals surface area contributed by atoms with Crippen molar-refractivity contribution in [2.75, 3.05) is 7.11 Å². The molecule has 0 aliphatic heterocycles. The zero-order valence-corrected chi connectivity index (χ0v) is 14.9. The normalized spacial score (nSPS) is 12.0. The van der Waals surface area contributed by atoms with Gasteiger partial charge in [0, 0.05) is 5.92 Å². The van der Waals surface area contributed by atoms with Crippen LogP contribution in [0.1, 0.15) is 46.0 Å². The number of aliphatic carboxylic acids is 1. The molecule has 0 aliphatic rings. The van der Waals surface area contributed by atoms with Crippen LogP contribution in [0.15, 0.2) is 24.4 Å². The van der Waals surface area contributed by atoms with E-state index in [1.807, 2.05) is 13.8 Å². The van der Waals surface area contributed by atoms with Crippen molar-refractivity contribution in [1.82, 2.24) is 10.3 Å². The minimum Gasteiger partial charge on any atom is -0.495 e. The molecule has 6 nitrogen and oxygen atoms in total. The lowest BCUT2D eigenvalue weighted by Gasteiger charge is -2.15. The summed E-state index contributed by atoms with van der Waals surface area (Å²) in [4.78, 5) is 28.4. The molecule has 1 unspecified atom stereocenters. The standard InChI is InChI=1S/C16H17ClN2O4S/c1-8(2)15-18-7-12(24-15)14(20)19-13(16(21)22)9-4-5-11(23-3)10(17)6-9/h4-8,13H,1-3H3,(H,19,20)(H,21,22). The summed E-state index contributed by atoms with van der Waals surface area (Å²) in [5, 5.41) is 13.0. The molecule has 24 heavy (non-hydrogen) atoms. The molecule has 0 saturated heterocycles. The van der Waals surface area contributed by atoms with E-state index in [2.05, 4.69) is 10.3 Å². The molecule has 2 rings (SSSR count). The summed E-state index contributed by atoms with van der Waals surface area (Å²) < 4.78 is 5.04. The van der Waals surface area contributed by atoms with Crippen molar-refractivity contribution in [2.24, 2.45) is 0 Å². The molecular weight excluding hydrogens is 352 g/mol. The molecule has 1 heterocycles. The number of carboxylic acid groups (broad SMARTS) is 1. The number of amides is 1. The number of nitrogens with one attached hydrogen (secondary N) is 1. The van der Waals surface area contributed by atoms with E-state index in [9.17, 15) is 14.7 Å². The molecule has 2 aromatic rings. The van der Waals surface area contributed by atoms with Gasteiger partial charge in [0.05, 0.1) is 23.3 Å². The minimum atomic E-state index is -1.22. The number of carbonyl (C=O) groups excluding carboxylic acids is 1. The van der Waals surface area contributed by atoms with E-state index in [1.54, 1.807) is 12.1 Å². The Morgan fingerprint density at radius 3 is 2.58 bits per heavy atom. The molecule has 0 saturated carbocycles. The number of halogens is 1. The number of ether oxygens (including phenoxy) is 1. The molecular formula is C16H17ClN2O4S. The van der Waals surface area contributed by atoms with Crippen LogP contribution in [0.25, 0.3) is 0 Å². The van der Waals surface area contributed by atoms with Gasteiger partial charge in [0.25, 0.3) is 5.91 Å². The highest BCUT2D eigenvalue weighted by Gasteiger charge is 2.24. The van der Waals surface area contributed by atoms with Gasteiger partial charge in [0.15, 0.2) is 6.04 Å². The third kappa shape index (κ3) is 4.04. The fourth-order valence-corrected chi connectivity index (χ4v) is 3.10. The number of nitrogens with zero attached hydrogens (tertiary/aromatic N) is 1. The maximum Gasteiger partial charge on any atom is 0.330 e. The highest BCUT2D eigenvalue weighted by Crippen LogP contribution is 2.28. The summed E-state index contributed by atoms with van der Waals surface area (Å²) in [6.45, 7) is 3.94. The van der Waals surface area contributed by atoms with Crippen LogP contribution < -0.4 is 10.1 Å². The average Bonchev–Trinajstić information content (AvgIpc) is 3.02. The van der Waals surface area contributed by atoms with Crippen LogP contribution in [0.5, 0.6) is 5.75 Å². The fourth-order valence-electron chi connectivity index (χ4n) is 2.01. The van der Waals surface area contributed by atoms with Crippen LogP contribution in [0.3, 0.4) is 0 Å². The number of aromatic nitrogens is 1. The maximum atomic E-state index is 12.3. The molecule has 1 aromatic carbocycles. The number of rotatable bonds is 6. The Bertz CT molecular complexity index is 760. The summed E-state index contributed by atoms with van der Waals surface area (Å²) in [6, 6.07) is 3.36. The van der Waals surface area contributed by atoms with Crippen molar-refractivity contribution in [2.45, 2.75) is 25.8 Å². The van der Waals surface area contributed by atoms with Crippen molar-refractivity contribution in [3.8, 4) is 5.75 Å². The molecule has 0 spiro atoms. The number of carboxylic acids is 1. The minimum absolute atomic E-state index is 0.201. The first-order valence-corrected chi connectivity index (χ1v) is 8.35. The molecule has 0 radical (unpaired) electrons. The van der Waals surface area contributed by atoms with Gasteiger partial charge in [-0.15, -0.1) is 11.3 Å². The third-order valence-corrected chi connectivity index (χ3v) is 4.86. The number of hydrogen-bond acceptors (Lipinski definition) is 5. The van der Waals surface area contributed by atoms with Crippen molar-refractivity contribution in [3.05, 3.63) is 44.9 Å². The largest absolute Gasteiger partial charge is 0.495 e. The van der Waals surface area contributed by atoms with Gasteiger partial charge in [-0.25, -0.2) is 9.78 Å². The zero-order valence-electron chi connectivity index (χ0n) is 13.4. The highest BCUT2D eigenvalue weighted by atomic mass is 35.5. The van der Waals surface area contributed by atoms with Crippen molar-refractivity contribution < 1.29 is 19.4 Å². The third-order valence-electron chi connectivity index (χ3n) is 3.27. The lowest BCUT2D eigenvalue weighted by atomic mass is 10.1. The molecule has 1 amide bonds. The van der Waals surface area contributed by atoms with Crippen LogP contribution in [-0.4, -0.2) is 29.1 Å². The summed E-state index contributed by atoms with van der Waals surface area (Å²) in [5.74, 6) is -1.04. The fraction of sp³-hybridized carbons (Fsp3) is 0.312. The summed E-state index contributed by atoms with van der Waals surface area (Å²) in [5.41, 5.74) is 0.357. The quantitative estimate of drug-likeness (QED) is 0.814. The topological polar surface area (TPSA) is 88.5 Å². The van der Waals surface area contributed by atoms with E-state index in [0.29, 0.717) is 16.2 Å². The Kier molecular flexibility index (Phi) is 5.80. The smallest absolute Gasteiger partial charge is 0.330 e. The first-order chi connectivity index (χ1) is 11.3. The van der Waals surface area contributed by atoms with E-state index in [-0.39, 0.29) is 10.9 Å². The lowest BCUT2D eigenvalue weighted by molar-refractivity contribution is -0.139. The Morgan fingerprint density at radius 1 is 1.38 bits per heavy atom. The molecule has 0 aliphatic carbocycles. The molecule has 128 valence electrons. The lowest BCUT2D eigenvalue weighted by Crippen LogP contribution is -2.33. The first-order valence-electron chi connectivity index (χ1n) is 7.16. The Morgan fingerprint density at radius 2 is 2.08 bits per heavy atom. The molecule has 2 N–H and O–H groups in total. The summed E-state index contributed by atoms with van der Waals surface area (Å²) in [7, 11) is 1.47. The maximum absolute atomic E-state index is 12.3. The van der Waals surface area contributed by atoms with Crippen LogP contribution in [-0.2, 0) is 4.79 Å². The van der Waals surface area contributed by atoms with E-state index in [4.69, 9.17) is 16.3 Å². The Hall–Kier alpha value is -2.12. The average molecular weight is 369 g/mol. The predicted octanol–water partition coefficient (Wildman–Crippen LogP) is 3.48. The molecule has 0 bridgehead atoms. The number of thiazole rings is 1. The van der Waals surface area contributed by atoms with Crippen molar-refractivity contribution in [3.63, 3.8) is 0 Å². The van der Waals surface area contributed by atoms with E-state index in [1.165, 1.54) is 30.7 Å². The van der Waals surface area contributed by atoms with Gasteiger partial charge in [0.2, 0.25) is 0 Å². The second-order valence-corrected chi connectivity index (χ2v) is 6.83. The SMILES string of the molecule is COc1ccc(C(NC(=O)c2cnc(C(C)C)s2)C(=O)O)cc1Cl. The number of benzene rings is 1. The number of carbonyl (C=O) groups is 2. The Balaban J connectivity index is 2.23. The van der Waals surface area contributed by atoms with Gasteiger partial charge in [-0.05, 0) is 17.7 Å². The van der Waals surface area contributed by atoms with Crippen LogP contribution in [0.4, 0.5) is 0 Å². The molecule has 1 aromatic heterocycles. The van der Waals surface area contributed by atoms with Gasteiger partial charge in [0.1, 0.15) is 10.6 Å². The number of methoxy groups -OCH3 is 1. The van der Waals surface area contributed by atoms with Crippen LogP contribution in [0.2, 0.25) is 5.02 Å². The summed E-state index contributed by atoms with van der Waals surface area (Å²) >= 11 is 7.28. The van der Waals surface area contributed by atoms with Gasteiger partial charge in [-0.3, -0.25) is 4.79 Å². The van der Waals surface area contributed by atoms with E-state index < -0.39 is 17.9 Å². The van der Waals surface area contributed by atoms with Gasteiger partial charge in [-0.1, -0.05) is 31.5 Å². The molecule has 8 heteroatoms. The van der Waals surface area contributed by atoms with Gasteiger partial charge in [-0.2, -0.15) is 0 Å². The van der Waals surface area contributed by atoms with E-state index in [0.717, 1.165) is 5.01 Å². The van der Waals surface area contributed by atoms with Gasteiger partial charge >= 0.3 is 5.97 Å². The van der Waals surface area contributed by atoms with E-state index >= 15 is 0 Å². The van der Waals surface area contributed by atoms with Crippen LogP contribution in [0, 0.1) is 0 Å². The molecule has 0 fully saturated rings. The second kappa shape index (κ2) is 7.63.